The SMILES string of the molecule is CCCc1ccc(C(=O)Cc2cccc(OC)c2)cc1. The minimum absolute atomic E-state index is 0.140. The summed E-state index contributed by atoms with van der Waals surface area (Å²) in [5.41, 5.74) is 3.03. The topological polar surface area (TPSA) is 26.3 Å². The summed E-state index contributed by atoms with van der Waals surface area (Å²) in [7, 11) is 1.63. The van der Waals surface area contributed by atoms with Crippen LogP contribution in [-0.4, -0.2) is 12.9 Å². The van der Waals surface area contributed by atoms with Crippen LogP contribution in [0.3, 0.4) is 0 Å². The van der Waals surface area contributed by atoms with Crippen molar-refractivity contribution < 1.29 is 9.53 Å². The minimum Gasteiger partial charge on any atom is -0.497 e. The lowest BCUT2D eigenvalue weighted by Crippen LogP contribution is -2.03. The second-order valence-corrected chi connectivity index (χ2v) is 4.90. The molecule has 0 saturated carbocycles. The number of ketones is 1. The van der Waals surface area contributed by atoms with Crippen molar-refractivity contribution in [2.75, 3.05) is 7.11 Å². The van der Waals surface area contributed by atoms with Gasteiger partial charge in [0.1, 0.15) is 5.75 Å². The molecule has 0 fully saturated rings. The Morgan fingerprint density at radius 2 is 1.80 bits per heavy atom. The van der Waals surface area contributed by atoms with Crippen LogP contribution in [0.1, 0.15) is 34.8 Å². The van der Waals surface area contributed by atoms with Crippen molar-refractivity contribution in [1.29, 1.82) is 0 Å². The number of aryl methyl sites for hydroxylation is 1. The summed E-state index contributed by atoms with van der Waals surface area (Å²) in [6, 6.07) is 15.6. The van der Waals surface area contributed by atoms with Gasteiger partial charge in [-0.15, -0.1) is 0 Å². The van der Waals surface area contributed by atoms with Gasteiger partial charge in [-0.05, 0) is 29.7 Å². The normalized spacial score (nSPS) is 10.3. The zero-order valence-corrected chi connectivity index (χ0v) is 12.1. The Hall–Kier alpha value is -2.09. The van der Waals surface area contributed by atoms with Crippen LogP contribution in [0.15, 0.2) is 48.5 Å². The molecule has 0 bridgehead atoms. The Morgan fingerprint density at radius 1 is 1.05 bits per heavy atom. The van der Waals surface area contributed by atoms with E-state index in [1.807, 2.05) is 48.5 Å². The molecule has 0 amide bonds. The zero-order chi connectivity index (χ0) is 14.4. The molecule has 0 aliphatic heterocycles. The van der Waals surface area contributed by atoms with Gasteiger partial charge in [0.15, 0.2) is 5.78 Å². The largest absolute Gasteiger partial charge is 0.497 e. The molecule has 0 unspecified atom stereocenters. The molecule has 2 heteroatoms. The lowest BCUT2D eigenvalue weighted by Gasteiger charge is -2.05. The molecule has 104 valence electrons. The van der Waals surface area contributed by atoms with Crippen LogP contribution in [-0.2, 0) is 12.8 Å². The molecule has 0 radical (unpaired) electrons. The van der Waals surface area contributed by atoms with Gasteiger partial charge in [-0.3, -0.25) is 4.79 Å². The first-order valence-electron chi connectivity index (χ1n) is 6.98. The number of benzene rings is 2. The molecule has 0 saturated heterocycles. The summed E-state index contributed by atoms with van der Waals surface area (Å²) in [5, 5.41) is 0. The average molecular weight is 268 g/mol. The lowest BCUT2D eigenvalue weighted by atomic mass is 10.0. The average Bonchev–Trinajstić information content (AvgIpc) is 2.48. The standard InChI is InChI=1S/C18H20O2/c1-3-5-14-8-10-16(11-9-14)18(19)13-15-6-4-7-17(12-15)20-2/h4,6-12H,3,5,13H2,1-2H3. The van der Waals surface area contributed by atoms with E-state index in [0.29, 0.717) is 6.42 Å². The Kier molecular flexibility index (Phi) is 4.94. The fourth-order valence-corrected chi connectivity index (χ4v) is 2.22. The molecule has 2 aromatic rings. The molecule has 0 heterocycles. The van der Waals surface area contributed by atoms with E-state index in [1.165, 1.54) is 5.56 Å². The molecule has 0 aliphatic rings. The summed E-state index contributed by atoms with van der Waals surface area (Å²) in [6.45, 7) is 2.15. The van der Waals surface area contributed by atoms with Crippen molar-refractivity contribution in [2.24, 2.45) is 0 Å². The lowest BCUT2D eigenvalue weighted by molar-refractivity contribution is 0.0993. The highest BCUT2D eigenvalue weighted by Crippen LogP contribution is 2.15. The highest BCUT2D eigenvalue weighted by Gasteiger charge is 2.07. The molecule has 20 heavy (non-hydrogen) atoms. The van der Waals surface area contributed by atoms with E-state index in [-0.39, 0.29) is 5.78 Å². The summed E-state index contributed by atoms with van der Waals surface area (Å²) < 4.78 is 5.17. The highest BCUT2D eigenvalue weighted by molar-refractivity contribution is 5.97. The molecule has 2 nitrogen and oxygen atoms in total. The van der Waals surface area contributed by atoms with Crippen molar-refractivity contribution in [2.45, 2.75) is 26.2 Å². The first kappa shape index (κ1) is 14.3. The number of hydrogen-bond acceptors (Lipinski definition) is 2. The first-order valence-corrected chi connectivity index (χ1v) is 6.98. The van der Waals surface area contributed by atoms with Crippen molar-refractivity contribution in [3.63, 3.8) is 0 Å². The zero-order valence-electron chi connectivity index (χ0n) is 12.1. The first-order chi connectivity index (χ1) is 9.72. The van der Waals surface area contributed by atoms with Crippen LogP contribution in [0.25, 0.3) is 0 Å². The third-order valence-electron chi connectivity index (χ3n) is 3.31. The van der Waals surface area contributed by atoms with E-state index >= 15 is 0 Å². The van der Waals surface area contributed by atoms with E-state index in [4.69, 9.17) is 4.74 Å². The Balaban J connectivity index is 2.07. The van der Waals surface area contributed by atoms with Crippen LogP contribution >= 0.6 is 0 Å². The number of ether oxygens (including phenoxy) is 1. The Labute approximate surface area is 120 Å². The van der Waals surface area contributed by atoms with Crippen LogP contribution in [0.2, 0.25) is 0 Å². The van der Waals surface area contributed by atoms with Gasteiger partial charge in [0.05, 0.1) is 7.11 Å². The van der Waals surface area contributed by atoms with E-state index in [1.54, 1.807) is 7.11 Å². The summed E-state index contributed by atoms with van der Waals surface area (Å²) in [5.74, 6) is 0.926. The van der Waals surface area contributed by atoms with Gasteiger partial charge in [-0.25, -0.2) is 0 Å². The molecule has 2 rings (SSSR count). The Morgan fingerprint density at radius 3 is 2.45 bits per heavy atom. The third-order valence-corrected chi connectivity index (χ3v) is 3.31. The van der Waals surface area contributed by atoms with Crippen molar-refractivity contribution >= 4 is 5.78 Å². The van der Waals surface area contributed by atoms with Crippen LogP contribution < -0.4 is 4.74 Å². The van der Waals surface area contributed by atoms with Gasteiger partial charge in [0.25, 0.3) is 0 Å². The fraction of sp³-hybridized carbons (Fsp3) is 0.278. The molecule has 0 aromatic heterocycles. The number of methoxy groups -OCH3 is 1. The second kappa shape index (κ2) is 6.90. The highest BCUT2D eigenvalue weighted by atomic mass is 16.5. The molecule has 0 spiro atoms. The van der Waals surface area contributed by atoms with Crippen LogP contribution in [0.4, 0.5) is 0 Å². The number of hydrogen-bond donors (Lipinski definition) is 0. The van der Waals surface area contributed by atoms with Gasteiger partial charge in [0.2, 0.25) is 0 Å². The number of carbonyl (C=O) groups excluding carboxylic acids is 1. The number of Topliss-reactive ketones (excluding diaryl/α,β-unsaturated/α-hetero) is 1. The maximum absolute atomic E-state index is 12.2. The quantitative estimate of drug-likeness (QED) is 0.738. The maximum atomic E-state index is 12.2. The van der Waals surface area contributed by atoms with E-state index in [9.17, 15) is 4.79 Å². The third kappa shape index (κ3) is 3.70. The summed E-state index contributed by atoms with van der Waals surface area (Å²) in [6.07, 6.45) is 2.59. The minimum atomic E-state index is 0.140. The van der Waals surface area contributed by atoms with Crippen molar-refractivity contribution in [3.8, 4) is 5.75 Å². The van der Waals surface area contributed by atoms with Gasteiger partial charge in [-0.1, -0.05) is 49.7 Å². The maximum Gasteiger partial charge on any atom is 0.167 e. The van der Waals surface area contributed by atoms with Gasteiger partial charge < -0.3 is 4.74 Å². The molecule has 2 aromatic carbocycles. The predicted octanol–water partition coefficient (Wildman–Crippen LogP) is 4.07. The predicted molar refractivity (Wildman–Crippen MR) is 81.5 cm³/mol. The van der Waals surface area contributed by atoms with Crippen molar-refractivity contribution in [1.82, 2.24) is 0 Å². The van der Waals surface area contributed by atoms with E-state index in [2.05, 4.69) is 6.92 Å². The van der Waals surface area contributed by atoms with E-state index in [0.717, 1.165) is 29.7 Å². The molecular formula is C18H20O2. The van der Waals surface area contributed by atoms with E-state index < -0.39 is 0 Å². The summed E-state index contributed by atoms with van der Waals surface area (Å²) >= 11 is 0. The smallest absolute Gasteiger partial charge is 0.167 e. The van der Waals surface area contributed by atoms with Crippen LogP contribution in [0, 0.1) is 0 Å². The molecule has 0 atom stereocenters. The second-order valence-electron chi connectivity index (χ2n) is 4.90. The van der Waals surface area contributed by atoms with Crippen molar-refractivity contribution in [3.05, 3.63) is 65.2 Å². The monoisotopic (exact) mass is 268 g/mol. The summed E-state index contributed by atoms with van der Waals surface area (Å²) in [4.78, 5) is 12.2. The molecule has 0 aliphatic carbocycles. The van der Waals surface area contributed by atoms with Gasteiger partial charge in [-0.2, -0.15) is 0 Å². The fourth-order valence-electron chi connectivity index (χ4n) is 2.22. The number of carbonyl (C=O) groups is 1. The van der Waals surface area contributed by atoms with Gasteiger partial charge in [0, 0.05) is 12.0 Å². The molecule has 0 N–H and O–H groups in total. The number of rotatable bonds is 6. The van der Waals surface area contributed by atoms with Gasteiger partial charge >= 0.3 is 0 Å². The molecular weight excluding hydrogens is 248 g/mol. The van der Waals surface area contributed by atoms with Crippen LogP contribution in [0.5, 0.6) is 5.75 Å². The Bertz CT molecular complexity index is 570.